The summed E-state index contributed by atoms with van der Waals surface area (Å²) in [4.78, 5) is 26.9. The molecule has 0 aliphatic heterocycles. The molecule has 0 aliphatic carbocycles. The third-order valence-electron chi connectivity index (χ3n) is 2.81. The molecule has 1 aromatic heterocycles. The first kappa shape index (κ1) is 13.1. The molecule has 2 rings (SSSR count). The summed E-state index contributed by atoms with van der Waals surface area (Å²) < 4.78 is 5.12. The third-order valence-corrected chi connectivity index (χ3v) is 2.81. The van der Waals surface area contributed by atoms with Gasteiger partial charge in [-0.1, -0.05) is 13.8 Å². The number of aromatic nitrogens is 1. The Labute approximate surface area is 109 Å². The summed E-state index contributed by atoms with van der Waals surface area (Å²) in [7, 11) is 0. The van der Waals surface area contributed by atoms with E-state index in [1.807, 2.05) is 0 Å². The van der Waals surface area contributed by atoms with Crippen LogP contribution in [-0.2, 0) is 9.59 Å². The summed E-state index contributed by atoms with van der Waals surface area (Å²) in [5.41, 5.74) is 1.70. The topological polar surface area (TPSA) is 92.4 Å². The van der Waals surface area contributed by atoms with Gasteiger partial charge in [0, 0.05) is 11.8 Å². The fraction of sp³-hybridized carbons (Fsp3) is 0.308. The van der Waals surface area contributed by atoms with Crippen molar-refractivity contribution in [3.63, 3.8) is 0 Å². The molecule has 0 radical (unpaired) electrons. The number of carboxylic acid groups (broad SMARTS) is 1. The quantitative estimate of drug-likeness (QED) is 0.823. The van der Waals surface area contributed by atoms with Gasteiger partial charge in [0.2, 0.25) is 5.91 Å². The number of benzene rings is 1. The van der Waals surface area contributed by atoms with Gasteiger partial charge in [0.05, 0.1) is 0 Å². The number of carboxylic acids is 1. The number of hydrogen-bond donors (Lipinski definition) is 2. The van der Waals surface area contributed by atoms with Crippen LogP contribution < -0.4 is 5.32 Å². The van der Waals surface area contributed by atoms with Crippen molar-refractivity contribution in [1.82, 2.24) is 4.98 Å². The van der Waals surface area contributed by atoms with Gasteiger partial charge in [-0.15, -0.1) is 0 Å². The Hall–Kier alpha value is -2.37. The van der Waals surface area contributed by atoms with E-state index in [9.17, 15) is 9.59 Å². The number of aliphatic carboxylic acids is 1. The van der Waals surface area contributed by atoms with E-state index in [0.29, 0.717) is 16.8 Å². The van der Waals surface area contributed by atoms with Gasteiger partial charge in [0.1, 0.15) is 11.4 Å². The van der Waals surface area contributed by atoms with E-state index in [2.05, 4.69) is 10.3 Å². The zero-order valence-corrected chi connectivity index (χ0v) is 10.6. The molecule has 1 heterocycles. The number of amides is 1. The van der Waals surface area contributed by atoms with Crippen LogP contribution >= 0.6 is 0 Å². The number of oxazole rings is 1. The van der Waals surface area contributed by atoms with E-state index in [0.717, 1.165) is 0 Å². The molecule has 1 amide bonds. The Morgan fingerprint density at radius 1 is 1.37 bits per heavy atom. The van der Waals surface area contributed by atoms with Gasteiger partial charge in [-0.25, -0.2) is 4.98 Å². The van der Waals surface area contributed by atoms with Crippen LogP contribution in [-0.4, -0.2) is 22.0 Å². The Kier molecular flexibility index (Phi) is 3.50. The van der Waals surface area contributed by atoms with E-state index in [1.54, 1.807) is 32.0 Å². The number of nitrogens with one attached hydrogen (secondary N) is 1. The average Bonchev–Trinajstić information content (AvgIpc) is 2.74. The summed E-state index contributed by atoms with van der Waals surface area (Å²) >= 11 is 0. The highest BCUT2D eigenvalue weighted by atomic mass is 16.4. The molecule has 19 heavy (non-hydrogen) atoms. The number of anilines is 1. The molecule has 1 aromatic carbocycles. The summed E-state index contributed by atoms with van der Waals surface area (Å²) in [6.07, 6.45) is 1.31. The van der Waals surface area contributed by atoms with Crippen molar-refractivity contribution in [2.75, 3.05) is 5.32 Å². The normalized spacial score (nSPS) is 12.6. The number of carbonyl (C=O) groups is 2. The highest BCUT2D eigenvalue weighted by molar-refractivity contribution is 6.04. The van der Waals surface area contributed by atoms with E-state index in [4.69, 9.17) is 9.52 Å². The van der Waals surface area contributed by atoms with Crippen molar-refractivity contribution in [3.05, 3.63) is 24.6 Å². The fourth-order valence-electron chi connectivity index (χ4n) is 1.85. The number of carbonyl (C=O) groups excluding carboxylic acids is 1. The van der Waals surface area contributed by atoms with Crippen LogP contribution in [0.15, 0.2) is 29.0 Å². The second-order valence-corrected chi connectivity index (χ2v) is 4.58. The summed E-state index contributed by atoms with van der Waals surface area (Å²) in [6.45, 7) is 3.38. The van der Waals surface area contributed by atoms with Crippen molar-refractivity contribution in [2.45, 2.75) is 13.8 Å². The zero-order chi connectivity index (χ0) is 14.0. The lowest BCUT2D eigenvalue weighted by Gasteiger charge is -2.15. The van der Waals surface area contributed by atoms with Crippen molar-refractivity contribution in [1.29, 1.82) is 0 Å². The summed E-state index contributed by atoms with van der Waals surface area (Å²) in [5, 5.41) is 11.6. The van der Waals surface area contributed by atoms with E-state index in [-0.39, 0.29) is 5.92 Å². The molecule has 0 fully saturated rings. The minimum absolute atomic E-state index is 0.286. The van der Waals surface area contributed by atoms with Gasteiger partial charge in [0.15, 0.2) is 12.0 Å². The second kappa shape index (κ2) is 5.09. The SMILES string of the molecule is CC(C)C(C(=O)O)C(=O)Nc1ccc2ncoc2c1. The first-order valence-corrected chi connectivity index (χ1v) is 5.86. The Bertz CT molecular complexity index is 618. The predicted octanol–water partition coefficient (Wildman–Crippen LogP) is 2.12. The molecule has 1 unspecified atom stereocenters. The van der Waals surface area contributed by atoms with Crippen molar-refractivity contribution < 1.29 is 19.1 Å². The maximum Gasteiger partial charge on any atom is 0.316 e. The zero-order valence-electron chi connectivity index (χ0n) is 10.6. The van der Waals surface area contributed by atoms with Gasteiger partial charge in [-0.2, -0.15) is 0 Å². The van der Waals surface area contributed by atoms with Crippen molar-refractivity contribution in [2.24, 2.45) is 11.8 Å². The van der Waals surface area contributed by atoms with Crippen LogP contribution in [0.4, 0.5) is 5.69 Å². The van der Waals surface area contributed by atoms with Crippen LogP contribution in [0.2, 0.25) is 0 Å². The van der Waals surface area contributed by atoms with Gasteiger partial charge >= 0.3 is 5.97 Å². The number of fused-ring (bicyclic) bond motifs is 1. The molecule has 100 valence electrons. The predicted molar refractivity (Wildman–Crippen MR) is 68.6 cm³/mol. The number of nitrogens with zero attached hydrogens (tertiary/aromatic N) is 1. The highest BCUT2D eigenvalue weighted by Crippen LogP contribution is 2.20. The second-order valence-electron chi connectivity index (χ2n) is 4.58. The minimum Gasteiger partial charge on any atom is -0.481 e. The Balaban J connectivity index is 2.19. The first-order valence-electron chi connectivity index (χ1n) is 5.86. The Morgan fingerprint density at radius 3 is 2.74 bits per heavy atom. The van der Waals surface area contributed by atoms with Crippen LogP contribution in [0.25, 0.3) is 11.1 Å². The molecular weight excluding hydrogens is 248 g/mol. The third kappa shape index (κ3) is 2.73. The van der Waals surface area contributed by atoms with Crippen molar-refractivity contribution >= 4 is 28.7 Å². The van der Waals surface area contributed by atoms with Crippen LogP contribution in [0.5, 0.6) is 0 Å². The lowest BCUT2D eigenvalue weighted by Crippen LogP contribution is -2.33. The molecule has 0 spiro atoms. The molecule has 0 saturated carbocycles. The van der Waals surface area contributed by atoms with E-state index < -0.39 is 17.8 Å². The summed E-state index contributed by atoms with van der Waals surface area (Å²) in [6, 6.07) is 4.96. The highest BCUT2D eigenvalue weighted by Gasteiger charge is 2.29. The van der Waals surface area contributed by atoms with Gasteiger partial charge in [-0.05, 0) is 18.1 Å². The molecule has 6 heteroatoms. The lowest BCUT2D eigenvalue weighted by atomic mass is 9.95. The Morgan fingerprint density at radius 2 is 2.11 bits per heavy atom. The van der Waals surface area contributed by atoms with Gasteiger partial charge in [0.25, 0.3) is 0 Å². The van der Waals surface area contributed by atoms with Gasteiger partial charge in [-0.3, -0.25) is 9.59 Å². The standard InChI is InChI=1S/C13H14N2O4/c1-7(2)11(13(17)18)12(16)15-8-3-4-9-10(5-8)19-6-14-9/h3-7,11H,1-2H3,(H,15,16)(H,17,18). The van der Waals surface area contributed by atoms with Crippen LogP contribution in [0.3, 0.4) is 0 Å². The number of hydrogen-bond acceptors (Lipinski definition) is 4. The monoisotopic (exact) mass is 262 g/mol. The molecule has 2 N–H and O–H groups in total. The molecule has 1 atom stereocenters. The minimum atomic E-state index is -1.13. The smallest absolute Gasteiger partial charge is 0.316 e. The molecule has 0 saturated heterocycles. The van der Waals surface area contributed by atoms with Gasteiger partial charge < -0.3 is 14.8 Å². The fourth-order valence-corrected chi connectivity index (χ4v) is 1.85. The number of rotatable bonds is 4. The molecule has 0 aliphatic rings. The van der Waals surface area contributed by atoms with Crippen molar-refractivity contribution in [3.8, 4) is 0 Å². The maximum atomic E-state index is 11.9. The van der Waals surface area contributed by atoms with Crippen LogP contribution in [0.1, 0.15) is 13.8 Å². The molecule has 0 bridgehead atoms. The molecule has 6 nitrogen and oxygen atoms in total. The molecular formula is C13H14N2O4. The summed E-state index contributed by atoms with van der Waals surface area (Å²) in [5.74, 6) is -3.04. The lowest BCUT2D eigenvalue weighted by molar-refractivity contribution is -0.147. The van der Waals surface area contributed by atoms with E-state index in [1.165, 1.54) is 6.39 Å². The van der Waals surface area contributed by atoms with Crippen LogP contribution in [0, 0.1) is 11.8 Å². The largest absolute Gasteiger partial charge is 0.481 e. The first-order chi connectivity index (χ1) is 8.99. The maximum absolute atomic E-state index is 11.9. The molecule has 2 aromatic rings. The average molecular weight is 262 g/mol. The van der Waals surface area contributed by atoms with E-state index >= 15 is 0 Å².